The van der Waals surface area contributed by atoms with Crippen molar-refractivity contribution in [1.82, 2.24) is 5.32 Å². The summed E-state index contributed by atoms with van der Waals surface area (Å²) in [6.07, 6.45) is 4.07. The van der Waals surface area contributed by atoms with Gasteiger partial charge < -0.3 is 10.6 Å². The summed E-state index contributed by atoms with van der Waals surface area (Å²) in [5.41, 5.74) is 1.89. The number of aryl methyl sites for hydroxylation is 1. The van der Waals surface area contributed by atoms with Crippen LogP contribution in [0.15, 0.2) is 24.3 Å². The van der Waals surface area contributed by atoms with Gasteiger partial charge >= 0.3 is 11.8 Å². The summed E-state index contributed by atoms with van der Waals surface area (Å²) in [4.78, 5) is 23.0. The molecule has 1 fully saturated rings. The second-order valence-corrected chi connectivity index (χ2v) is 4.65. The summed E-state index contributed by atoms with van der Waals surface area (Å²) in [6.45, 7) is 2.12. The van der Waals surface area contributed by atoms with Crippen LogP contribution in [0.1, 0.15) is 31.7 Å². The van der Waals surface area contributed by atoms with Crippen molar-refractivity contribution in [3.63, 3.8) is 0 Å². The van der Waals surface area contributed by atoms with Gasteiger partial charge in [0.2, 0.25) is 0 Å². The van der Waals surface area contributed by atoms with Gasteiger partial charge in [0, 0.05) is 11.7 Å². The van der Waals surface area contributed by atoms with E-state index in [0.717, 1.165) is 25.7 Å². The number of benzene rings is 1. The third-order valence-corrected chi connectivity index (χ3v) is 2.87. The van der Waals surface area contributed by atoms with E-state index in [4.69, 9.17) is 0 Å². The maximum atomic E-state index is 11.6. The van der Waals surface area contributed by atoms with Crippen molar-refractivity contribution < 1.29 is 9.59 Å². The van der Waals surface area contributed by atoms with Crippen molar-refractivity contribution in [2.75, 3.05) is 5.32 Å². The molecule has 0 atom stereocenters. The summed E-state index contributed by atoms with van der Waals surface area (Å²) < 4.78 is 0. The molecule has 2 amide bonds. The zero-order valence-electron chi connectivity index (χ0n) is 10.5. The number of nitrogens with one attached hydrogen (secondary N) is 2. The molecule has 1 aromatic rings. The molecule has 1 aromatic carbocycles. The van der Waals surface area contributed by atoms with Crippen molar-refractivity contribution >= 4 is 17.5 Å². The quantitative estimate of drug-likeness (QED) is 0.797. The Morgan fingerprint density at radius 1 is 1.17 bits per heavy atom. The minimum Gasteiger partial charge on any atom is -0.345 e. The number of rotatable bonds is 4. The van der Waals surface area contributed by atoms with Crippen LogP contribution in [0.5, 0.6) is 0 Å². The molecule has 0 radical (unpaired) electrons. The molecule has 18 heavy (non-hydrogen) atoms. The predicted molar refractivity (Wildman–Crippen MR) is 70.2 cm³/mol. The molecule has 0 bridgehead atoms. The Morgan fingerprint density at radius 3 is 2.39 bits per heavy atom. The van der Waals surface area contributed by atoms with E-state index in [-0.39, 0.29) is 6.04 Å². The average Bonchev–Trinajstić information content (AvgIpc) is 3.16. The smallest absolute Gasteiger partial charge is 0.313 e. The Morgan fingerprint density at radius 2 is 1.83 bits per heavy atom. The van der Waals surface area contributed by atoms with E-state index >= 15 is 0 Å². The molecule has 0 spiro atoms. The lowest BCUT2D eigenvalue weighted by Crippen LogP contribution is -2.36. The van der Waals surface area contributed by atoms with Crippen molar-refractivity contribution in [2.24, 2.45) is 0 Å². The van der Waals surface area contributed by atoms with Gasteiger partial charge in [0.1, 0.15) is 0 Å². The summed E-state index contributed by atoms with van der Waals surface area (Å²) in [7, 11) is 0. The monoisotopic (exact) mass is 246 g/mol. The lowest BCUT2D eigenvalue weighted by Gasteiger charge is -2.06. The first-order valence-electron chi connectivity index (χ1n) is 6.40. The van der Waals surface area contributed by atoms with E-state index in [1.54, 1.807) is 0 Å². The molecule has 0 aromatic heterocycles. The number of anilines is 1. The molecule has 1 aliphatic rings. The Kier molecular flexibility index (Phi) is 3.97. The average molecular weight is 246 g/mol. The fourth-order valence-corrected chi connectivity index (χ4v) is 1.71. The van der Waals surface area contributed by atoms with Crippen LogP contribution in [0.25, 0.3) is 0 Å². The number of hydrogen-bond acceptors (Lipinski definition) is 2. The van der Waals surface area contributed by atoms with Crippen LogP contribution in [0, 0.1) is 0 Å². The van der Waals surface area contributed by atoms with Gasteiger partial charge in [-0.25, -0.2) is 0 Å². The summed E-state index contributed by atoms with van der Waals surface area (Å²) in [5.74, 6) is -1.14. The molecule has 0 saturated heterocycles. The highest BCUT2D eigenvalue weighted by atomic mass is 16.2. The largest absolute Gasteiger partial charge is 0.345 e. The van der Waals surface area contributed by atoms with Crippen LogP contribution in [-0.2, 0) is 16.0 Å². The molecule has 0 unspecified atom stereocenters. The van der Waals surface area contributed by atoms with E-state index in [9.17, 15) is 9.59 Å². The SMILES string of the molecule is CCCc1ccc(NC(=O)C(=O)NC2CC2)cc1. The van der Waals surface area contributed by atoms with Crippen LogP contribution >= 0.6 is 0 Å². The lowest BCUT2D eigenvalue weighted by molar-refractivity contribution is -0.136. The molecule has 4 heteroatoms. The van der Waals surface area contributed by atoms with Crippen molar-refractivity contribution in [3.05, 3.63) is 29.8 Å². The van der Waals surface area contributed by atoms with E-state index in [0.29, 0.717) is 5.69 Å². The molecule has 4 nitrogen and oxygen atoms in total. The number of amides is 2. The second kappa shape index (κ2) is 5.67. The zero-order valence-corrected chi connectivity index (χ0v) is 10.5. The van der Waals surface area contributed by atoms with Crippen LogP contribution < -0.4 is 10.6 Å². The lowest BCUT2D eigenvalue weighted by atomic mass is 10.1. The van der Waals surface area contributed by atoms with Crippen molar-refractivity contribution in [2.45, 2.75) is 38.6 Å². The van der Waals surface area contributed by atoms with E-state index in [2.05, 4.69) is 17.6 Å². The topological polar surface area (TPSA) is 58.2 Å². The first-order chi connectivity index (χ1) is 8.69. The standard InChI is InChI=1S/C14H18N2O2/c1-2-3-10-4-6-11(7-5-10)15-13(17)14(18)16-12-8-9-12/h4-7,12H,2-3,8-9H2,1H3,(H,15,17)(H,16,18). The maximum absolute atomic E-state index is 11.6. The van der Waals surface area contributed by atoms with Gasteiger partial charge in [0.25, 0.3) is 0 Å². The highest BCUT2D eigenvalue weighted by molar-refractivity contribution is 6.39. The van der Waals surface area contributed by atoms with Gasteiger partial charge in [-0.15, -0.1) is 0 Å². The van der Waals surface area contributed by atoms with E-state index in [1.165, 1.54) is 5.56 Å². The van der Waals surface area contributed by atoms with E-state index in [1.807, 2.05) is 24.3 Å². The van der Waals surface area contributed by atoms with Gasteiger partial charge in [-0.3, -0.25) is 9.59 Å². The van der Waals surface area contributed by atoms with Crippen LogP contribution in [-0.4, -0.2) is 17.9 Å². The predicted octanol–water partition coefficient (Wildman–Crippen LogP) is 1.86. The van der Waals surface area contributed by atoms with Crippen LogP contribution in [0.3, 0.4) is 0 Å². The van der Waals surface area contributed by atoms with Crippen molar-refractivity contribution in [1.29, 1.82) is 0 Å². The molecule has 2 rings (SSSR count). The number of carbonyl (C=O) groups is 2. The van der Waals surface area contributed by atoms with Gasteiger partial charge in [-0.2, -0.15) is 0 Å². The molecular weight excluding hydrogens is 228 g/mol. The van der Waals surface area contributed by atoms with Gasteiger partial charge in [-0.05, 0) is 37.0 Å². The maximum Gasteiger partial charge on any atom is 0.313 e. The molecular formula is C14H18N2O2. The van der Waals surface area contributed by atoms with Gasteiger partial charge in [0.15, 0.2) is 0 Å². The number of hydrogen-bond donors (Lipinski definition) is 2. The summed E-state index contributed by atoms with van der Waals surface area (Å²) >= 11 is 0. The normalized spacial score (nSPS) is 14.1. The Balaban J connectivity index is 1.87. The van der Waals surface area contributed by atoms with Crippen molar-refractivity contribution in [3.8, 4) is 0 Å². The zero-order chi connectivity index (χ0) is 13.0. The minimum absolute atomic E-state index is 0.204. The Bertz CT molecular complexity index is 436. The molecule has 2 N–H and O–H groups in total. The van der Waals surface area contributed by atoms with Gasteiger partial charge in [0.05, 0.1) is 0 Å². The first kappa shape index (κ1) is 12.6. The summed E-state index contributed by atoms with van der Waals surface area (Å²) in [6, 6.07) is 7.80. The first-order valence-corrected chi connectivity index (χ1v) is 6.40. The molecule has 1 saturated carbocycles. The third kappa shape index (κ3) is 3.58. The highest BCUT2D eigenvalue weighted by Gasteiger charge is 2.26. The fourth-order valence-electron chi connectivity index (χ4n) is 1.71. The third-order valence-electron chi connectivity index (χ3n) is 2.87. The molecule has 1 aliphatic carbocycles. The second-order valence-electron chi connectivity index (χ2n) is 4.65. The van der Waals surface area contributed by atoms with Crippen LogP contribution in [0.2, 0.25) is 0 Å². The molecule has 0 aliphatic heterocycles. The fraction of sp³-hybridized carbons (Fsp3) is 0.429. The van der Waals surface area contributed by atoms with Crippen LogP contribution in [0.4, 0.5) is 5.69 Å². The molecule has 96 valence electrons. The number of carbonyl (C=O) groups excluding carboxylic acids is 2. The Labute approximate surface area is 107 Å². The minimum atomic E-state index is -0.592. The Hall–Kier alpha value is -1.84. The summed E-state index contributed by atoms with van der Waals surface area (Å²) in [5, 5.41) is 5.25. The highest BCUT2D eigenvalue weighted by Crippen LogP contribution is 2.18. The van der Waals surface area contributed by atoms with E-state index < -0.39 is 11.8 Å². The molecule has 0 heterocycles. The van der Waals surface area contributed by atoms with Gasteiger partial charge in [-0.1, -0.05) is 25.5 Å².